The monoisotopic (exact) mass is 320 g/mol. The minimum absolute atomic E-state index is 0.0611. The van der Waals surface area contributed by atoms with E-state index in [2.05, 4.69) is 27.1 Å². The van der Waals surface area contributed by atoms with Crippen LogP contribution in [0, 0.1) is 19.8 Å². The fraction of sp³-hybridized carbons (Fsp3) is 0.706. The molecule has 0 radical (unpaired) electrons. The molecule has 128 valence electrons. The zero-order valence-corrected chi connectivity index (χ0v) is 14.6. The molecule has 2 heterocycles. The molecule has 0 spiro atoms. The van der Waals surface area contributed by atoms with Gasteiger partial charge in [-0.1, -0.05) is 13.3 Å². The number of rotatable bonds is 7. The van der Waals surface area contributed by atoms with E-state index in [1.807, 2.05) is 20.0 Å². The molecule has 1 N–H and O–H groups in total. The first kappa shape index (κ1) is 17.7. The van der Waals surface area contributed by atoms with Crippen molar-refractivity contribution in [1.29, 1.82) is 0 Å². The van der Waals surface area contributed by atoms with E-state index in [1.54, 1.807) is 7.11 Å². The summed E-state index contributed by atoms with van der Waals surface area (Å²) < 4.78 is 4.98. The van der Waals surface area contributed by atoms with Crippen LogP contribution in [0.1, 0.15) is 37.6 Å². The molecule has 0 bridgehead atoms. The van der Waals surface area contributed by atoms with Gasteiger partial charge < -0.3 is 15.0 Å². The zero-order valence-electron chi connectivity index (χ0n) is 14.6. The Morgan fingerprint density at radius 1 is 1.39 bits per heavy atom. The molecular formula is C17H28N4O2. The summed E-state index contributed by atoms with van der Waals surface area (Å²) in [6.07, 6.45) is 4.46. The number of hydrogen-bond acceptors (Lipinski definition) is 5. The third-order valence-corrected chi connectivity index (χ3v) is 4.48. The second kappa shape index (κ2) is 8.24. The number of carbonyl (C=O) groups excluding carboxylic acids is 1. The lowest BCUT2D eigenvalue weighted by atomic mass is 9.98. The van der Waals surface area contributed by atoms with Crippen molar-refractivity contribution >= 4 is 11.7 Å². The number of ether oxygens (including phenoxy) is 1. The molecule has 1 saturated heterocycles. The number of anilines is 1. The van der Waals surface area contributed by atoms with Gasteiger partial charge in [-0.15, -0.1) is 0 Å². The van der Waals surface area contributed by atoms with Crippen molar-refractivity contribution in [2.45, 2.75) is 46.1 Å². The third kappa shape index (κ3) is 4.64. The smallest absolute Gasteiger partial charge is 0.222 e. The standard InChI is InChI=1S/C17H28N4O2/c1-5-6-14-10-21(16-9-18-12(2)13(3)19-16)11-15(14)20-17(22)7-8-23-4/h9,14-15H,5-8,10-11H2,1-4H3,(H,20,22)/t14-,15-/m0/s1. The van der Waals surface area contributed by atoms with E-state index < -0.39 is 0 Å². The van der Waals surface area contributed by atoms with Crippen LogP contribution in [0.25, 0.3) is 0 Å². The second-order valence-electron chi connectivity index (χ2n) is 6.27. The van der Waals surface area contributed by atoms with Crippen LogP contribution in [0.5, 0.6) is 0 Å². The first-order chi connectivity index (χ1) is 11.0. The van der Waals surface area contributed by atoms with Gasteiger partial charge in [0.15, 0.2) is 0 Å². The molecule has 2 atom stereocenters. The molecule has 0 aromatic carbocycles. The van der Waals surface area contributed by atoms with Gasteiger partial charge in [-0.2, -0.15) is 0 Å². The molecule has 0 saturated carbocycles. The molecule has 6 heteroatoms. The largest absolute Gasteiger partial charge is 0.384 e. The fourth-order valence-corrected chi connectivity index (χ4v) is 3.04. The predicted octanol–water partition coefficient (Wildman–Crippen LogP) is 1.85. The number of aryl methyl sites for hydroxylation is 2. The summed E-state index contributed by atoms with van der Waals surface area (Å²) in [6.45, 7) is 8.30. The van der Waals surface area contributed by atoms with Gasteiger partial charge in [-0.25, -0.2) is 4.98 Å². The van der Waals surface area contributed by atoms with Crippen molar-refractivity contribution in [3.63, 3.8) is 0 Å². The quantitative estimate of drug-likeness (QED) is 0.830. The highest BCUT2D eigenvalue weighted by Gasteiger charge is 2.33. The number of aromatic nitrogens is 2. The van der Waals surface area contributed by atoms with Gasteiger partial charge in [0.1, 0.15) is 5.82 Å². The molecule has 23 heavy (non-hydrogen) atoms. The van der Waals surface area contributed by atoms with Crippen LogP contribution in [0.4, 0.5) is 5.82 Å². The summed E-state index contributed by atoms with van der Waals surface area (Å²) >= 11 is 0. The molecule has 1 aromatic heterocycles. The number of hydrogen-bond donors (Lipinski definition) is 1. The molecule has 1 amide bonds. The number of nitrogens with zero attached hydrogens (tertiary/aromatic N) is 3. The molecule has 1 aromatic rings. The van der Waals surface area contributed by atoms with E-state index in [-0.39, 0.29) is 11.9 Å². The summed E-state index contributed by atoms with van der Waals surface area (Å²) in [6, 6.07) is 0.169. The first-order valence-electron chi connectivity index (χ1n) is 8.38. The summed E-state index contributed by atoms with van der Waals surface area (Å²) in [5.74, 6) is 1.42. The molecular weight excluding hydrogens is 292 g/mol. The van der Waals surface area contributed by atoms with Crippen LogP contribution < -0.4 is 10.2 Å². The van der Waals surface area contributed by atoms with E-state index in [0.29, 0.717) is 18.9 Å². The topological polar surface area (TPSA) is 67.4 Å². The Kier molecular flexibility index (Phi) is 6.33. The first-order valence-corrected chi connectivity index (χ1v) is 8.38. The van der Waals surface area contributed by atoms with Crippen LogP contribution in [0.15, 0.2) is 6.20 Å². The summed E-state index contributed by atoms with van der Waals surface area (Å²) in [5, 5.41) is 3.17. The minimum atomic E-state index is 0.0611. The maximum atomic E-state index is 12.0. The van der Waals surface area contributed by atoms with E-state index in [4.69, 9.17) is 4.74 Å². The van der Waals surface area contributed by atoms with Crippen molar-refractivity contribution in [2.75, 3.05) is 31.7 Å². The lowest BCUT2D eigenvalue weighted by Crippen LogP contribution is -2.41. The Morgan fingerprint density at radius 2 is 2.17 bits per heavy atom. The number of nitrogens with one attached hydrogen (secondary N) is 1. The van der Waals surface area contributed by atoms with Crippen molar-refractivity contribution in [1.82, 2.24) is 15.3 Å². The number of methoxy groups -OCH3 is 1. The highest BCUT2D eigenvalue weighted by Crippen LogP contribution is 2.26. The maximum absolute atomic E-state index is 12.0. The number of amides is 1. The zero-order chi connectivity index (χ0) is 16.8. The lowest BCUT2D eigenvalue weighted by molar-refractivity contribution is -0.122. The normalized spacial score (nSPS) is 20.8. The van der Waals surface area contributed by atoms with E-state index in [1.165, 1.54) is 0 Å². The van der Waals surface area contributed by atoms with Crippen molar-refractivity contribution in [3.05, 3.63) is 17.6 Å². The van der Waals surface area contributed by atoms with E-state index >= 15 is 0 Å². The molecule has 1 fully saturated rings. The fourth-order valence-electron chi connectivity index (χ4n) is 3.04. The van der Waals surface area contributed by atoms with Crippen LogP contribution in [0.3, 0.4) is 0 Å². The average Bonchev–Trinajstić information content (AvgIpc) is 2.91. The Morgan fingerprint density at radius 3 is 2.83 bits per heavy atom. The predicted molar refractivity (Wildman–Crippen MR) is 90.5 cm³/mol. The summed E-state index contributed by atoms with van der Waals surface area (Å²) in [5.41, 5.74) is 1.92. The molecule has 2 rings (SSSR count). The molecule has 0 aliphatic carbocycles. The lowest BCUT2D eigenvalue weighted by Gasteiger charge is -2.19. The van der Waals surface area contributed by atoms with Gasteiger partial charge in [0.05, 0.1) is 30.2 Å². The van der Waals surface area contributed by atoms with Crippen LogP contribution in [-0.2, 0) is 9.53 Å². The van der Waals surface area contributed by atoms with Crippen molar-refractivity contribution in [2.24, 2.45) is 5.92 Å². The highest BCUT2D eigenvalue weighted by molar-refractivity contribution is 5.76. The van der Waals surface area contributed by atoms with Gasteiger partial charge in [-0.3, -0.25) is 9.78 Å². The third-order valence-electron chi connectivity index (χ3n) is 4.48. The second-order valence-corrected chi connectivity index (χ2v) is 6.27. The van der Waals surface area contributed by atoms with Crippen LogP contribution >= 0.6 is 0 Å². The Labute approximate surface area is 138 Å². The summed E-state index contributed by atoms with van der Waals surface area (Å²) in [7, 11) is 1.61. The SMILES string of the molecule is CCC[C@H]1CN(c2cnc(C)c(C)n2)C[C@@H]1NC(=O)CCOC. The van der Waals surface area contributed by atoms with Crippen molar-refractivity contribution < 1.29 is 9.53 Å². The number of carbonyl (C=O) groups is 1. The van der Waals surface area contributed by atoms with Crippen LogP contribution in [0.2, 0.25) is 0 Å². The van der Waals surface area contributed by atoms with Crippen LogP contribution in [-0.4, -0.2) is 48.7 Å². The Hall–Kier alpha value is -1.69. The average molecular weight is 320 g/mol. The Bertz CT molecular complexity index is 535. The molecule has 1 aliphatic heterocycles. The minimum Gasteiger partial charge on any atom is -0.384 e. The van der Waals surface area contributed by atoms with E-state index in [9.17, 15) is 4.79 Å². The molecule has 6 nitrogen and oxygen atoms in total. The van der Waals surface area contributed by atoms with Gasteiger partial charge in [0, 0.05) is 26.6 Å². The van der Waals surface area contributed by atoms with Gasteiger partial charge in [-0.05, 0) is 26.2 Å². The van der Waals surface area contributed by atoms with Crippen molar-refractivity contribution in [3.8, 4) is 0 Å². The van der Waals surface area contributed by atoms with Gasteiger partial charge >= 0.3 is 0 Å². The Balaban J connectivity index is 2.04. The maximum Gasteiger partial charge on any atom is 0.222 e. The summed E-state index contributed by atoms with van der Waals surface area (Å²) in [4.78, 5) is 23.3. The van der Waals surface area contributed by atoms with Gasteiger partial charge in [0.2, 0.25) is 5.91 Å². The molecule has 1 aliphatic rings. The highest BCUT2D eigenvalue weighted by atomic mass is 16.5. The van der Waals surface area contributed by atoms with Gasteiger partial charge in [0.25, 0.3) is 0 Å². The van der Waals surface area contributed by atoms with E-state index in [0.717, 1.165) is 43.1 Å². The molecule has 0 unspecified atom stereocenters.